The highest BCUT2D eigenvalue weighted by atomic mass is 14.9. The summed E-state index contributed by atoms with van der Waals surface area (Å²) in [5.41, 5.74) is 6.30. The average molecular weight is 301 g/mol. The minimum atomic E-state index is 0.571. The van der Waals surface area contributed by atoms with E-state index in [1.807, 2.05) is 0 Å². The molecule has 0 saturated heterocycles. The summed E-state index contributed by atoms with van der Waals surface area (Å²) < 4.78 is 0. The lowest BCUT2D eigenvalue weighted by molar-refractivity contribution is 0.867. The van der Waals surface area contributed by atoms with Crippen LogP contribution in [0.4, 0.5) is 11.4 Å². The molecule has 0 aromatic heterocycles. The van der Waals surface area contributed by atoms with Crippen LogP contribution in [0.3, 0.4) is 0 Å². The van der Waals surface area contributed by atoms with Gasteiger partial charge in [0.25, 0.3) is 0 Å². The predicted octanol–water partition coefficient (Wildman–Crippen LogP) is 6.14. The molecule has 3 aromatic carbocycles. The van der Waals surface area contributed by atoms with Gasteiger partial charge in [0.2, 0.25) is 0 Å². The van der Waals surface area contributed by atoms with Crippen LogP contribution in [-0.2, 0) is 6.42 Å². The number of benzene rings is 3. The van der Waals surface area contributed by atoms with Crippen molar-refractivity contribution in [1.82, 2.24) is 0 Å². The summed E-state index contributed by atoms with van der Waals surface area (Å²) in [5.74, 6) is 0.571. The van der Waals surface area contributed by atoms with Crippen molar-refractivity contribution in [1.29, 1.82) is 0 Å². The molecule has 0 heterocycles. The van der Waals surface area contributed by atoms with Crippen molar-refractivity contribution in [3.8, 4) is 0 Å². The zero-order valence-corrected chi connectivity index (χ0v) is 13.8. The molecule has 0 spiro atoms. The largest absolute Gasteiger partial charge is 0.356 e. The molecular formula is C22H23N. The van der Waals surface area contributed by atoms with Gasteiger partial charge in [-0.05, 0) is 53.3 Å². The molecule has 0 aliphatic carbocycles. The average Bonchev–Trinajstić information content (AvgIpc) is 2.58. The molecule has 0 aliphatic rings. The summed E-state index contributed by atoms with van der Waals surface area (Å²) in [6.45, 7) is 4.43. The van der Waals surface area contributed by atoms with E-state index in [1.165, 1.54) is 16.7 Å². The van der Waals surface area contributed by atoms with E-state index in [1.54, 1.807) is 0 Å². The Labute approximate surface area is 139 Å². The maximum atomic E-state index is 3.46. The minimum absolute atomic E-state index is 0.571. The molecule has 0 atom stereocenters. The normalized spacial score (nSPS) is 10.7. The molecule has 0 fully saturated rings. The Hall–Kier alpha value is -2.54. The molecule has 0 bridgehead atoms. The molecule has 0 amide bonds. The topological polar surface area (TPSA) is 12.0 Å². The molecular weight excluding hydrogens is 278 g/mol. The van der Waals surface area contributed by atoms with E-state index in [-0.39, 0.29) is 0 Å². The monoisotopic (exact) mass is 301 g/mol. The van der Waals surface area contributed by atoms with Crippen LogP contribution in [0.25, 0.3) is 0 Å². The summed E-state index contributed by atoms with van der Waals surface area (Å²) in [7, 11) is 0. The molecule has 1 nitrogen and oxygen atoms in total. The summed E-state index contributed by atoms with van der Waals surface area (Å²) >= 11 is 0. The van der Waals surface area contributed by atoms with E-state index in [0.717, 1.165) is 17.8 Å². The number of hydrogen-bond donors (Lipinski definition) is 1. The molecule has 1 N–H and O–H groups in total. The second-order valence-corrected chi connectivity index (χ2v) is 6.26. The number of hydrogen-bond acceptors (Lipinski definition) is 1. The first-order valence-corrected chi connectivity index (χ1v) is 8.20. The summed E-state index contributed by atoms with van der Waals surface area (Å²) in [5, 5.41) is 3.46. The molecule has 23 heavy (non-hydrogen) atoms. The van der Waals surface area contributed by atoms with E-state index in [0.29, 0.717) is 5.92 Å². The van der Waals surface area contributed by atoms with Crippen LogP contribution in [0.5, 0.6) is 0 Å². The van der Waals surface area contributed by atoms with Gasteiger partial charge in [0.1, 0.15) is 0 Å². The minimum Gasteiger partial charge on any atom is -0.356 e. The van der Waals surface area contributed by atoms with Gasteiger partial charge in [-0.1, -0.05) is 68.4 Å². The Kier molecular flexibility index (Phi) is 4.77. The molecule has 3 rings (SSSR count). The van der Waals surface area contributed by atoms with Gasteiger partial charge >= 0.3 is 0 Å². The first-order chi connectivity index (χ1) is 11.2. The maximum Gasteiger partial charge on any atom is 0.0384 e. The lowest BCUT2D eigenvalue weighted by Gasteiger charge is -2.10. The lowest BCUT2D eigenvalue weighted by Crippen LogP contribution is -1.93. The van der Waals surface area contributed by atoms with E-state index >= 15 is 0 Å². The first-order valence-electron chi connectivity index (χ1n) is 8.20. The zero-order chi connectivity index (χ0) is 16.1. The Morgan fingerprint density at radius 3 is 1.74 bits per heavy atom. The van der Waals surface area contributed by atoms with E-state index in [2.05, 4.69) is 98.0 Å². The van der Waals surface area contributed by atoms with Crippen LogP contribution < -0.4 is 5.32 Å². The fourth-order valence-corrected chi connectivity index (χ4v) is 2.66. The van der Waals surface area contributed by atoms with Crippen LogP contribution in [0, 0.1) is 0 Å². The van der Waals surface area contributed by atoms with Crippen LogP contribution in [0.2, 0.25) is 0 Å². The third kappa shape index (κ3) is 4.23. The van der Waals surface area contributed by atoms with Crippen molar-refractivity contribution < 1.29 is 0 Å². The molecule has 0 unspecified atom stereocenters. The summed E-state index contributed by atoms with van der Waals surface area (Å²) in [6.07, 6.45) is 0.976. The lowest BCUT2D eigenvalue weighted by atomic mass is 10.0. The Morgan fingerprint density at radius 2 is 1.17 bits per heavy atom. The van der Waals surface area contributed by atoms with Crippen LogP contribution in [-0.4, -0.2) is 0 Å². The number of rotatable bonds is 5. The summed E-state index contributed by atoms with van der Waals surface area (Å²) in [4.78, 5) is 0. The second-order valence-electron chi connectivity index (χ2n) is 6.26. The first kappa shape index (κ1) is 15.4. The van der Waals surface area contributed by atoms with E-state index in [9.17, 15) is 0 Å². The van der Waals surface area contributed by atoms with Crippen molar-refractivity contribution in [3.63, 3.8) is 0 Å². The molecule has 1 heteroatoms. The molecule has 116 valence electrons. The number of nitrogens with one attached hydrogen (secondary N) is 1. The Bertz CT molecular complexity index is 725. The standard InChI is InChI=1S/C22H23N/c1-17(2)20-10-14-22(15-11-20)23-21-12-8-19(9-13-21)16-18-6-4-3-5-7-18/h3-15,17,23H,16H2,1-2H3. The zero-order valence-electron chi connectivity index (χ0n) is 13.8. The van der Waals surface area contributed by atoms with Crippen molar-refractivity contribution in [2.75, 3.05) is 5.32 Å². The van der Waals surface area contributed by atoms with E-state index in [4.69, 9.17) is 0 Å². The van der Waals surface area contributed by atoms with Gasteiger partial charge in [-0.2, -0.15) is 0 Å². The van der Waals surface area contributed by atoms with Gasteiger partial charge in [-0.3, -0.25) is 0 Å². The highest BCUT2D eigenvalue weighted by Gasteiger charge is 2.00. The van der Waals surface area contributed by atoms with Gasteiger partial charge in [-0.15, -0.1) is 0 Å². The third-order valence-electron chi connectivity index (χ3n) is 4.07. The van der Waals surface area contributed by atoms with Gasteiger partial charge in [-0.25, -0.2) is 0 Å². The second kappa shape index (κ2) is 7.15. The van der Waals surface area contributed by atoms with Gasteiger partial charge in [0.15, 0.2) is 0 Å². The molecule has 3 aromatic rings. The van der Waals surface area contributed by atoms with Crippen molar-refractivity contribution in [2.24, 2.45) is 0 Å². The fourth-order valence-electron chi connectivity index (χ4n) is 2.66. The Morgan fingerprint density at radius 1 is 0.652 bits per heavy atom. The molecule has 0 radical (unpaired) electrons. The highest BCUT2D eigenvalue weighted by molar-refractivity contribution is 5.60. The third-order valence-corrected chi connectivity index (χ3v) is 4.07. The maximum absolute atomic E-state index is 3.46. The Balaban J connectivity index is 1.65. The van der Waals surface area contributed by atoms with Gasteiger partial charge < -0.3 is 5.32 Å². The molecule has 0 aliphatic heterocycles. The van der Waals surface area contributed by atoms with Crippen LogP contribution in [0.15, 0.2) is 78.9 Å². The van der Waals surface area contributed by atoms with Gasteiger partial charge in [0, 0.05) is 11.4 Å². The van der Waals surface area contributed by atoms with Crippen molar-refractivity contribution in [3.05, 3.63) is 95.6 Å². The van der Waals surface area contributed by atoms with E-state index < -0.39 is 0 Å². The van der Waals surface area contributed by atoms with Crippen LogP contribution in [0.1, 0.15) is 36.5 Å². The van der Waals surface area contributed by atoms with Crippen molar-refractivity contribution >= 4 is 11.4 Å². The highest BCUT2D eigenvalue weighted by Crippen LogP contribution is 2.21. The SMILES string of the molecule is CC(C)c1ccc(Nc2ccc(Cc3ccccc3)cc2)cc1. The number of anilines is 2. The van der Waals surface area contributed by atoms with Crippen LogP contribution >= 0.6 is 0 Å². The smallest absolute Gasteiger partial charge is 0.0384 e. The fraction of sp³-hybridized carbons (Fsp3) is 0.182. The predicted molar refractivity (Wildman–Crippen MR) is 99.5 cm³/mol. The van der Waals surface area contributed by atoms with Crippen molar-refractivity contribution in [2.45, 2.75) is 26.2 Å². The quantitative estimate of drug-likeness (QED) is 0.596. The molecule has 0 saturated carbocycles. The van der Waals surface area contributed by atoms with Gasteiger partial charge in [0.05, 0.1) is 0 Å². The summed E-state index contributed by atoms with van der Waals surface area (Å²) in [6, 6.07) is 27.9.